The van der Waals surface area contributed by atoms with Crippen molar-refractivity contribution in [1.29, 1.82) is 0 Å². The Bertz CT molecular complexity index is 1020. The van der Waals surface area contributed by atoms with Gasteiger partial charge in [-0.2, -0.15) is 0 Å². The van der Waals surface area contributed by atoms with Gasteiger partial charge in [0.2, 0.25) is 0 Å². The number of fused-ring (bicyclic) bond motifs is 4. The highest BCUT2D eigenvalue weighted by Crippen LogP contribution is 2.17. The number of rotatable bonds is 0. The zero-order chi connectivity index (χ0) is 16.2. The minimum absolute atomic E-state index is 1.10. The maximum Gasteiger partial charge on any atom is 0.0267 e. The summed E-state index contributed by atoms with van der Waals surface area (Å²) in [5.74, 6) is 0. The fraction of sp³-hybridized carbons (Fsp3) is 0.174. The standard InChI is InChI=1S/C18H16.C5H5N/c1-3-7-15-13(5-1)9-11-18-16-8-4-2-6-14(16)10-12-17(15)18;1-2-4-6-5-3-1/h1,3,5-7,9-10,12H,2,4,8,11H2;1-5H. The van der Waals surface area contributed by atoms with Gasteiger partial charge in [-0.3, -0.25) is 4.98 Å². The van der Waals surface area contributed by atoms with Crippen molar-refractivity contribution >= 4 is 12.2 Å². The fourth-order valence-corrected chi connectivity index (χ4v) is 3.66. The van der Waals surface area contributed by atoms with Gasteiger partial charge in [-0.1, -0.05) is 54.6 Å². The molecule has 3 aromatic rings. The number of aromatic nitrogens is 1. The summed E-state index contributed by atoms with van der Waals surface area (Å²) in [6.07, 6.45) is 13.2. The van der Waals surface area contributed by atoms with E-state index in [4.69, 9.17) is 0 Å². The Balaban J connectivity index is 0.000000207. The molecule has 0 atom stereocenters. The van der Waals surface area contributed by atoms with Crippen molar-refractivity contribution in [3.63, 3.8) is 0 Å². The van der Waals surface area contributed by atoms with Gasteiger partial charge in [0, 0.05) is 12.4 Å². The third-order valence-corrected chi connectivity index (χ3v) is 4.81. The van der Waals surface area contributed by atoms with Crippen molar-refractivity contribution in [1.82, 2.24) is 4.98 Å². The van der Waals surface area contributed by atoms with E-state index in [2.05, 4.69) is 53.5 Å². The molecule has 0 amide bonds. The first-order chi connectivity index (χ1) is 11.9. The molecule has 2 aliphatic carbocycles. The molecule has 0 spiro atoms. The van der Waals surface area contributed by atoms with E-state index in [0.717, 1.165) is 6.42 Å². The Labute approximate surface area is 142 Å². The van der Waals surface area contributed by atoms with Crippen LogP contribution < -0.4 is 10.4 Å². The number of hydrogen-bond donors (Lipinski definition) is 0. The third-order valence-electron chi connectivity index (χ3n) is 4.81. The number of pyridine rings is 1. The van der Waals surface area contributed by atoms with Crippen LogP contribution >= 0.6 is 0 Å². The molecule has 2 aliphatic rings. The summed E-state index contributed by atoms with van der Waals surface area (Å²) >= 11 is 0. The lowest BCUT2D eigenvalue weighted by atomic mass is 9.89. The molecule has 0 bridgehead atoms. The molecule has 0 fully saturated rings. The third kappa shape index (κ3) is 2.90. The molecule has 24 heavy (non-hydrogen) atoms. The van der Waals surface area contributed by atoms with Gasteiger partial charge in [-0.25, -0.2) is 0 Å². The molecule has 1 nitrogen and oxygen atoms in total. The van der Waals surface area contributed by atoms with E-state index in [1.54, 1.807) is 23.5 Å². The van der Waals surface area contributed by atoms with Gasteiger partial charge in [-0.15, -0.1) is 0 Å². The lowest BCUT2D eigenvalue weighted by Gasteiger charge is -2.16. The molecule has 0 saturated heterocycles. The van der Waals surface area contributed by atoms with Gasteiger partial charge in [0.1, 0.15) is 0 Å². The van der Waals surface area contributed by atoms with Gasteiger partial charge in [0.25, 0.3) is 0 Å². The highest BCUT2D eigenvalue weighted by Gasteiger charge is 2.10. The lowest BCUT2D eigenvalue weighted by molar-refractivity contribution is 0.824. The van der Waals surface area contributed by atoms with Crippen LogP contribution in [0.3, 0.4) is 0 Å². The van der Waals surface area contributed by atoms with E-state index in [1.165, 1.54) is 40.1 Å². The van der Waals surface area contributed by atoms with E-state index >= 15 is 0 Å². The Morgan fingerprint density at radius 1 is 0.667 bits per heavy atom. The number of benzene rings is 2. The van der Waals surface area contributed by atoms with Crippen molar-refractivity contribution in [2.24, 2.45) is 0 Å². The van der Waals surface area contributed by atoms with Gasteiger partial charge in [0.15, 0.2) is 0 Å². The summed E-state index contributed by atoms with van der Waals surface area (Å²) in [7, 11) is 0. The zero-order valence-electron chi connectivity index (χ0n) is 13.8. The first-order valence-corrected chi connectivity index (χ1v) is 8.69. The van der Waals surface area contributed by atoms with Crippen LogP contribution in [-0.4, -0.2) is 4.98 Å². The van der Waals surface area contributed by atoms with E-state index in [-0.39, 0.29) is 0 Å². The second-order valence-electron chi connectivity index (χ2n) is 6.28. The average Bonchev–Trinajstić information content (AvgIpc) is 2.69. The van der Waals surface area contributed by atoms with Crippen molar-refractivity contribution in [2.75, 3.05) is 0 Å². The molecular formula is C23H21N. The summed E-state index contributed by atoms with van der Waals surface area (Å²) < 4.78 is 0. The second-order valence-corrected chi connectivity index (χ2v) is 6.28. The summed E-state index contributed by atoms with van der Waals surface area (Å²) in [5.41, 5.74) is 3.17. The van der Waals surface area contributed by atoms with Crippen LogP contribution in [-0.2, 0) is 12.8 Å². The highest BCUT2D eigenvalue weighted by atomic mass is 14.6. The minimum atomic E-state index is 1.10. The van der Waals surface area contributed by atoms with Crippen LogP contribution in [0.25, 0.3) is 12.2 Å². The second kappa shape index (κ2) is 6.84. The van der Waals surface area contributed by atoms with Crippen LogP contribution in [0.4, 0.5) is 0 Å². The smallest absolute Gasteiger partial charge is 0.0267 e. The average molecular weight is 311 g/mol. The Morgan fingerprint density at radius 3 is 2.33 bits per heavy atom. The van der Waals surface area contributed by atoms with Crippen molar-refractivity contribution < 1.29 is 0 Å². The quantitative estimate of drug-likeness (QED) is 0.619. The monoisotopic (exact) mass is 311 g/mol. The van der Waals surface area contributed by atoms with Crippen molar-refractivity contribution in [3.8, 4) is 0 Å². The van der Waals surface area contributed by atoms with E-state index in [1.807, 2.05) is 18.2 Å². The zero-order valence-corrected chi connectivity index (χ0v) is 13.8. The molecule has 2 aromatic carbocycles. The van der Waals surface area contributed by atoms with Gasteiger partial charge in [-0.05, 0) is 69.8 Å². The largest absolute Gasteiger partial charge is 0.265 e. The minimum Gasteiger partial charge on any atom is -0.265 e. The predicted molar refractivity (Wildman–Crippen MR) is 99.6 cm³/mol. The maximum absolute atomic E-state index is 3.78. The van der Waals surface area contributed by atoms with Gasteiger partial charge in [0.05, 0.1) is 0 Å². The molecule has 0 unspecified atom stereocenters. The molecule has 1 aromatic heterocycles. The molecule has 0 N–H and O–H groups in total. The number of nitrogens with zero attached hydrogens (tertiary/aromatic N) is 1. The predicted octanol–water partition coefficient (Wildman–Crippen LogP) is 3.51. The van der Waals surface area contributed by atoms with Crippen LogP contribution in [0.2, 0.25) is 0 Å². The normalized spacial score (nSPS) is 13.8. The maximum atomic E-state index is 3.78. The van der Waals surface area contributed by atoms with Gasteiger partial charge >= 0.3 is 0 Å². The Kier molecular flexibility index (Phi) is 4.24. The first kappa shape index (κ1) is 14.9. The molecule has 0 saturated carbocycles. The van der Waals surface area contributed by atoms with E-state index < -0.39 is 0 Å². The molecule has 1 heteroatoms. The van der Waals surface area contributed by atoms with Crippen LogP contribution in [0, 0.1) is 10.4 Å². The van der Waals surface area contributed by atoms with Crippen LogP contribution in [0.15, 0.2) is 67.0 Å². The molecule has 0 radical (unpaired) electrons. The van der Waals surface area contributed by atoms with Crippen molar-refractivity contribution in [3.05, 3.63) is 99.0 Å². The van der Waals surface area contributed by atoms with Crippen LogP contribution in [0.5, 0.6) is 0 Å². The lowest BCUT2D eigenvalue weighted by Crippen LogP contribution is -2.19. The Morgan fingerprint density at radius 2 is 1.54 bits per heavy atom. The topological polar surface area (TPSA) is 12.9 Å². The fourth-order valence-electron chi connectivity index (χ4n) is 3.66. The van der Waals surface area contributed by atoms with E-state index in [0.29, 0.717) is 0 Å². The molecular weight excluding hydrogens is 290 g/mol. The highest BCUT2D eigenvalue weighted by molar-refractivity contribution is 5.47. The van der Waals surface area contributed by atoms with E-state index in [9.17, 15) is 0 Å². The molecule has 1 heterocycles. The molecule has 5 rings (SSSR count). The molecule has 118 valence electrons. The first-order valence-electron chi connectivity index (χ1n) is 8.69. The summed E-state index contributed by atoms with van der Waals surface area (Å²) in [4.78, 5) is 3.78. The van der Waals surface area contributed by atoms with Gasteiger partial charge < -0.3 is 0 Å². The SMILES string of the molecule is C1=c2ccc3c(c2CCC1)CC=c1ccccc1=3.c1ccncc1. The Hall–Kier alpha value is -2.67. The summed E-state index contributed by atoms with van der Waals surface area (Å²) in [5, 5.41) is 5.74. The van der Waals surface area contributed by atoms with Crippen molar-refractivity contribution in [2.45, 2.75) is 25.7 Å². The summed E-state index contributed by atoms with van der Waals surface area (Å²) in [6, 6.07) is 19.1. The molecule has 0 aliphatic heterocycles. The van der Waals surface area contributed by atoms with Crippen LogP contribution in [0.1, 0.15) is 24.0 Å². The number of hydrogen-bond acceptors (Lipinski definition) is 1. The summed E-state index contributed by atoms with van der Waals surface area (Å²) in [6.45, 7) is 0.